The number of halogens is 2. The predicted molar refractivity (Wildman–Crippen MR) is 104 cm³/mol. The van der Waals surface area contributed by atoms with E-state index in [1.807, 2.05) is 25.3 Å². The Hall–Kier alpha value is -1.10. The molecule has 6 heteroatoms. The summed E-state index contributed by atoms with van der Waals surface area (Å²) in [5.41, 5.74) is 2.46. The molecule has 1 fully saturated rings. The van der Waals surface area contributed by atoms with Crippen molar-refractivity contribution in [1.82, 2.24) is 5.32 Å². The summed E-state index contributed by atoms with van der Waals surface area (Å²) in [6.07, 6.45) is 2.29. The minimum atomic E-state index is -1.00. The number of hydrogen-bond donors (Lipinski definition) is 1. The monoisotopic (exact) mass is 382 g/mol. The number of carbonyl (C=O) groups is 1. The number of nitrogens with zero attached hydrogens (tertiary/aromatic N) is 1. The topological polar surface area (TPSA) is 32.3 Å². The fraction of sp³-hybridized carbons (Fsp3) is 0.444. The second-order valence-electron chi connectivity index (χ2n) is 7.26. The fourth-order valence-electron chi connectivity index (χ4n) is 3.32. The number of hydrogen-bond acceptors (Lipinski definition) is 3. The van der Waals surface area contributed by atoms with Crippen LogP contribution in [0.3, 0.4) is 0 Å². The highest BCUT2D eigenvalue weighted by molar-refractivity contribution is 7.80. The van der Waals surface area contributed by atoms with E-state index in [0.29, 0.717) is 11.4 Å². The van der Waals surface area contributed by atoms with Crippen molar-refractivity contribution in [3.8, 4) is 0 Å². The summed E-state index contributed by atoms with van der Waals surface area (Å²) in [6.45, 7) is 6.05. The van der Waals surface area contributed by atoms with E-state index in [1.54, 1.807) is 6.92 Å². The molecule has 1 atom stereocenters. The Labute approximate surface area is 158 Å². The summed E-state index contributed by atoms with van der Waals surface area (Å²) in [4.78, 5) is 14.9. The number of rotatable bonds is 2. The molecule has 0 unspecified atom stereocenters. The number of allylic oxidation sites excluding steroid dienone is 1. The summed E-state index contributed by atoms with van der Waals surface area (Å²) in [6, 6.07) is 8.25. The first-order chi connectivity index (χ1) is 11.0. The number of benzene rings is 1. The Balaban J connectivity index is 1.82. The summed E-state index contributed by atoms with van der Waals surface area (Å²) >= 11 is 17.5. The molecule has 1 aliphatic heterocycles. The van der Waals surface area contributed by atoms with Crippen molar-refractivity contribution in [1.29, 1.82) is 0 Å². The second kappa shape index (κ2) is 5.45. The second-order valence-corrected chi connectivity index (χ2v) is 9.19. The highest BCUT2D eigenvalue weighted by Gasteiger charge is 2.68. The van der Waals surface area contributed by atoms with Gasteiger partial charge in [0.05, 0.1) is 5.41 Å². The van der Waals surface area contributed by atoms with Crippen molar-refractivity contribution < 1.29 is 4.79 Å². The van der Waals surface area contributed by atoms with E-state index in [0.717, 1.165) is 11.4 Å². The zero-order chi connectivity index (χ0) is 17.9. The third kappa shape index (κ3) is 2.56. The molecule has 0 spiro atoms. The van der Waals surface area contributed by atoms with Crippen LogP contribution in [0.1, 0.15) is 32.8 Å². The van der Waals surface area contributed by atoms with Gasteiger partial charge in [-0.2, -0.15) is 0 Å². The number of para-hydroxylation sites is 1. The lowest BCUT2D eigenvalue weighted by Crippen LogP contribution is -2.37. The van der Waals surface area contributed by atoms with E-state index in [9.17, 15) is 4.79 Å². The van der Waals surface area contributed by atoms with Crippen LogP contribution in [0.4, 0.5) is 5.69 Å². The molecule has 1 heterocycles. The number of nitrogens with one attached hydrogen (secondary N) is 1. The lowest BCUT2D eigenvalue weighted by molar-refractivity contribution is -0.124. The summed E-state index contributed by atoms with van der Waals surface area (Å²) in [5.74, 6) is -0.231. The number of alkyl halides is 2. The smallest absolute Gasteiger partial charge is 0.234 e. The number of anilines is 1. The van der Waals surface area contributed by atoms with E-state index in [4.69, 9.17) is 35.4 Å². The first kappa shape index (κ1) is 17.7. The van der Waals surface area contributed by atoms with Gasteiger partial charge in [0.25, 0.3) is 0 Å². The van der Waals surface area contributed by atoms with Crippen molar-refractivity contribution in [3.63, 3.8) is 0 Å². The minimum absolute atomic E-state index is 0.188. The van der Waals surface area contributed by atoms with Crippen LogP contribution in [0, 0.1) is 5.41 Å². The quantitative estimate of drug-likeness (QED) is 0.469. The molecule has 0 bridgehead atoms. The highest BCUT2D eigenvalue weighted by Crippen LogP contribution is 2.63. The van der Waals surface area contributed by atoms with Crippen LogP contribution in [-0.4, -0.2) is 22.3 Å². The molecule has 24 heavy (non-hydrogen) atoms. The number of likely N-dealkylation sites (N-methyl/N-ethyl adjacent to an activating group) is 1. The van der Waals surface area contributed by atoms with Gasteiger partial charge in [-0.3, -0.25) is 4.79 Å². The van der Waals surface area contributed by atoms with Crippen LogP contribution in [0.25, 0.3) is 0 Å². The highest BCUT2D eigenvalue weighted by atomic mass is 35.5. The molecule has 3 nitrogen and oxygen atoms in total. The van der Waals surface area contributed by atoms with E-state index < -0.39 is 9.75 Å². The van der Waals surface area contributed by atoms with Gasteiger partial charge in [-0.25, -0.2) is 0 Å². The van der Waals surface area contributed by atoms with Gasteiger partial charge >= 0.3 is 0 Å². The van der Waals surface area contributed by atoms with Crippen molar-refractivity contribution in [2.24, 2.45) is 5.41 Å². The Morgan fingerprint density at radius 1 is 1.29 bits per heavy atom. The number of fused-ring (bicyclic) bond motifs is 1. The maximum absolute atomic E-state index is 12.4. The first-order valence-corrected chi connectivity index (χ1v) is 8.96. The van der Waals surface area contributed by atoms with Gasteiger partial charge in [0.1, 0.15) is 9.32 Å². The molecular weight excluding hydrogens is 363 g/mol. The molecule has 1 saturated carbocycles. The molecule has 1 amide bonds. The molecule has 2 aliphatic rings. The summed E-state index contributed by atoms with van der Waals surface area (Å²) in [7, 11) is 2.01. The molecule has 0 aromatic heterocycles. The molecule has 128 valence electrons. The fourth-order valence-corrected chi connectivity index (χ4v) is 4.23. The van der Waals surface area contributed by atoms with Crippen LogP contribution in [0.5, 0.6) is 0 Å². The number of carbonyl (C=O) groups excluding carboxylic acids is 1. The third-order valence-corrected chi connectivity index (χ3v) is 6.53. The van der Waals surface area contributed by atoms with E-state index in [1.165, 1.54) is 5.56 Å². The van der Waals surface area contributed by atoms with Crippen LogP contribution in [0.2, 0.25) is 0 Å². The molecule has 3 rings (SSSR count). The minimum Gasteiger partial charge on any atom is -0.347 e. The largest absolute Gasteiger partial charge is 0.347 e. The molecule has 1 aromatic carbocycles. The standard InChI is InChI=1S/C18H20Cl2N2OS/c1-16(2)11-7-5-6-8-12(11)22(4)13(16)9-14(24)21-15(23)17(3)10-18(17,19)20/h5-9H,10H2,1-4H3,(H,21,23,24)/b13-9+/t17-/m0/s1. The van der Waals surface area contributed by atoms with Gasteiger partial charge < -0.3 is 10.2 Å². The maximum atomic E-state index is 12.4. The number of amides is 1. The Morgan fingerprint density at radius 2 is 1.88 bits per heavy atom. The Bertz CT molecular complexity index is 772. The lowest BCUT2D eigenvalue weighted by atomic mass is 9.84. The van der Waals surface area contributed by atoms with E-state index in [-0.39, 0.29) is 11.3 Å². The van der Waals surface area contributed by atoms with Crippen molar-refractivity contribution in [2.45, 2.75) is 36.9 Å². The Kier molecular flexibility index (Phi) is 4.02. The normalized spacial score (nSPS) is 27.8. The summed E-state index contributed by atoms with van der Waals surface area (Å²) < 4.78 is -1.00. The van der Waals surface area contributed by atoms with Crippen molar-refractivity contribution >= 4 is 52.0 Å². The van der Waals surface area contributed by atoms with Crippen LogP contribution in [-0.2, 0) is 10.2 Å². The average molecular weight is 383 g/mol. The molecule has 0 saturated heterocycles. The zero-order valence-corrected chi connectivity index (χ0v) is 16.4. The van der Waals surface area contributed by atoms with Gasteiger partial charge in [0.15, 0.2) is 0 Å². The molecule has 1 N–H and O–H groups in total. The molecule has 1 aliphatic carbocycles. The zero-order valence-electron chi connectivity index (χ0n) is 14.1. The van der Waals surface area contributed by atoms with Gasteiger partial charge in [-0.05, 0) is 31.1 Å². The maximum Gasteiger partial charge on any atom is 0.234 e. The van der Waals surface area contributed by atoms with Crippen molar-refractivity contribution in [2.75, 3.05) is 11.9 Å². The van der Waals surface area contributed by atoms with Crippen LogP contribution < -0.4 is 10.2 Å². The predicted octanol–water partition coefficient (Wildman–Crippen LogP) is 4.33. The molecular formula is C18H20Cl2N2OS. The van der Waals surface area contributed by atoms with Gasteiger partial charge in [0, 0.05) is 23.8 Å². The van der Waals surface area contributed by atoms with E-state index in [2.05, 4.69) is 36.2 Å². The van der Waals surface area contributed by atoms with E-state index >= 15 is 0 Å². The van der Waals surface area contributed by atoms with Crippen molar-refractivity contribution in [3.05, 3.63) is 41.6 Å². The molecule has 1 aromatic rings. The average Bonchev–Trinajstić information content (AvgIpc) is 2.96. The summed E-state index contributed by atoms with van der Waals surface area (Å²) in [5, 5.41) is 2.77. The SMILES string of the molecule is CN1/C(=C/C(=S)NC(=O)[C@]2(C)CC2(Cl)Cl)C(C)(C)c2ccccc21. The van der Waals surface area contributed by atoms with Gasteiger partial charge in [0.2, 0.25) is 5.91 Å². The van der Waals surface area contributed by atoms with Crippen LogP contribution in [0.15, 0.2) is 36.0 Å². The first-order valence-electron chi connectivity index (χ1n) is 7.79. The lowest BCUT2D eigenvalue weighted by Gasteiger charge is -2.24. The third-order valence-electron chi connectivity index (χ3n) is 5.20. The van der Waals surface area contributed by atoms with Gasteiger partial charge in [-0.15, -0.1) is 23.2 Å². The number of thiocarbonyl (C=S) groups is 1. The van der Waals surface area contributed by atoms with Crippen LogP contribution >= 0.6 is 35.4 Å². The van der Waals surface area contributed by atoms with Gasteiger partial charge in [-0.1, -0.05) is 44.3 Å². The molecule has 0 radical (unpaired) electrons. The Morgan fingerprint density at radius 3 is 2.42 bits per heavy atom.